The molecule has 1 aliphatic carbocycles. The number of hydrogen-bond acceptors (Lipinski definition) is 3. The van der Waals surface area contributed by atoms with Crippen molar-refractivity contribution in [2.24, 2.45) is 11.1 Å². The predicted molar refractivity (Wildman–Crippen MR) is 102 cm³/mol. The third kappa shape index (κ3) is 3.34. The number of carbonyl (C=O) groups excluding carboxylic acids is 1. The van der Waals surface area contributed by atoms with Gasteiger partial charge in [0.05, 0.1) is 0 Å². The van der Waals surface area contributed by atoms with Gasteiger partial charge in [-0.05, 0) is 80.8 Å². The highest BCUT2D eigenvalue weighted by Crippen LogP contribution is 2.43. The molecule has 2 aliphatic heterocycles. The van der Waals surface area contributed by atoms with Gasteiger partial charge < -0.3 is 15.5 Å². The number of primary amides is 1. The lowest BCUT2D eigenvalue weighted by atomic mass is 9.70. The van der Waals surface area contributed by atoms with Crippen LogP contribution in [-0.4, -0.2) is 43.0 Å². The second kappa shape index (κ2) is 7.18. The fourth-order valence-corrected chi connectivity index (χ4v) is 4.98. The van der Waals surface area contributed by atoms with Gasteiger partial charge in [-0.25, -0.2) is 4.39 Å². The van der Waals surface area contributed by atoms with Crippen molar-refractivity contribution in [1.82, 2.24) is 4.90 Å². The zero-order valence-corrected chi connectivity index (χ0v) is 15.6. The summed E-state index contributed by atoms with van der Waals surface area (Å²) in [7, 11) is 0. The molecule has 2 heterocycles. The minimum absolute atomic E-state index is 0.299. The summed E-state index contributed by atoms with van der Waals surface area (Å²) < 4.78 is 13.3. The van der Waals surface area contributed by atoms with Gasteiger partial charge in [-0.15, -0.1) is 0 Å². The molecule has 3 fully saturated rings. The first kappa shape index (κ1) is 17.8. The molecule has 4 nitrogen and oxygen atoms in total. The molecule has 1 aromatic rings. The maximum atomic E-state index is 13.3. The van der Waals surface area contributed by atoms with Crippen LogP contribution in [0.3, 0.4) is 0 Å². The van der Waals surface area contributed by atoms with Gasteiger partial charge in [0.15, 0.2) is 0 Å². The Balaban J connectivity index is 1.37. The Morgan fingerprint density at radius 1 is 1.12 bits per heavy atom. The Bertz CT molecular complexity index is 655. The van der Waals surface area contributed by atoms with Gasteiger partial charge in [0.2, 0.25) is 5.91 Å². The van der Waals surface area contributed by atoms with Crippen LogP contribution in [0.15, 0.2) is 18.2 Å². The van der Waals surface area contributed by atoms with Crippen molar-refractivity contribution in [3.63, 3.8) is 0 Å². The largest absolute Gasteiger partial charge is 0.371 e. The SMILES string of the molecule is NC(=O)c1ccc(N2CCC3(CC2)CCN(C2CCC2)CC3)cc1CF. The Morgan fingerprint density at radius 2 is 1.77 bits per heavy atom. The maximum absolute atomic E-state index is 13.3. The molecule has 1 amide bonds. The predicted octanol–water partition coefficient (Wildman–Crippen LogP) is 3.49. The second-order valence-electron chi connectivity index (χ2n) is 8.45. The van der Waals surface area contributed by atoms with E-state index < -0.39 is 12.6 Å². The summed E-state index contributed by atoms with van der Waals surface area (Å²) >= 11 is 0. The molecule has 0 unspecified atom stereocenters. The molecule has 142 valence electrons. The Labute approximate surface area is 155 Å². The van der Waals surface area contributed by atoms with Crippen molar-refractivity contribution in [3.8, 4) is 0 Å². The van der Waals surface area contributed by atoms with E-state index in [1.54, 1.807) is 12.1 Å². The zero-order chi connectivity index (χ0) is 18.1. The third-order valence-corrected chi connectivity index (χ3v) is 7.14. The van der Waals surface area contributed by atoms with Gasteiger partial charge in [0.25, 0.3) is 0 Å². The number of nitrogens with zero attached hydrogens (tertiary/aromatic N) is 2. The van der Waals surface area contributed by atoms with E-state index in [1.807, 2.05) is 6.07 Å². The van der Waals surface area contributed by atoms with Crippen LogP contribution in [0.2, 0.25) is 0 Å². The van der Waals surface area contributed by atoms with Crippen LogP contribution < -0.4 is 10.6 Å². The van der Waals surface area contributed by atoms with E-state index in [0.717, 1.165) is 24.8 Å². The van der Waals surface area contributed by atoms with Crippen molar-refractivity contribution >= 4 is 11.6 Å². The molecule has 0 radical (unpaired) electrons. The van der Waals surface area contributed by atoms with Crippen molar-refractivity contribution in [2.75, 3.05) is 31.1 Å². The Kier molecular flexibility index (Phi) is 4.91. The summed E-state index contributed by atoms with van der Waals surface area (Å²) in [6, 6.07) is 6.26. The fraction of sp³-hybridized carbons (Fsp3) is 0.667. The number of rotatable bonds is 4. The first-order chi connectivity index (χ1) is 12.6. The van der Waals surface area contributed by atoms with Crippen molar-refractivity contribution in [2.45, 2.75) is 57.7 Å². The lowest BCUT2D eigenvalue weighted by Crippen LogP contribution is -2.50. The van der Waals surface area contributed by atoms with E-state index >= 15 is 0 Å². The molecular formula is C21H30FN3O. The fourth-order valence-electron chi connectivity index (χ4n) is 4.98. The Morgan fingerprint density at radius 3 is 2.31 bits per heavy atom. The normalized spacial score (nSPS) is 23.8. The summed E-state index contributed by atoms with van der Waals surface area (Å²) in [5.41, 5.74) is 7.57. The highest BCUT2D eigenvalue weighted by Gasteiger charge is 2.39. The minimum Gasteiger partial charge on any atom is -0.371 e. The highest BCUT2D eigenvalue weighted by molar-refractivity contribution is 5.94. The van der Waals surface area contributed by atoms with Gasteiger partial charge in [-0.2, -0.15) is 0 Å². The van der Waals surface area contributed by atoms with Crippen LogP contribution >= 0.6 is 0 Å². The van der Waals surface area contributed by atoms with Gasteiger partial charge in [0, 0.05) is 30.4 Å². The number of anilines is 1. The van der Waals surface area contributed by atoms with E-state index in [4.69, 9.17) is 5.73 Å². The van der Waals surface area contributed by atoms with Crippen LogP contribution in [0.25, 0.3) is 0 Å². The van der Waals surface area contributed by atoms with Gasteiger partial charge in [-0.3, -0.25) is 4.79 Å². The van der Waals surface area contributed by atoms with E-state index in [9.17, 15) is 9.18 Å². The summed E-state index contributed by atoms with van der Waals surface area (Å²) in [4.78, 5) is 16.5. The monoisotopic (exact) mass is 359 g/mol. The summed E-state index contributed by atoms with van der Waals surface area (Å²) in [6.45, 7) is 3.92. The summed E-state index contributed by atoms with van der Waals surface area (Å²) in [5.74, 6) is -0.556. The minimum atomic E-state index is -0.652. The zero-order valence-electron chi connectivity index (χ0n) is 15.6. The van der Waals surface area contributed by atoms with Crippen LogP contribution in [0.4, 0.5) is 10.1 Å². The number of carbonyl (C=O) groups is 1. The quantitative estimate of drug-likeness (QED) is 0.895. The summed E-state index contributed by atoms with van der Waals surface area (Å²) in [5, 5.41) is 0. The number of benzene rings is 1. The maximum Gasteiger partial charge on any atom is 0.249 e. The van der Waals surface area contributed by atoms with Crippen LogP contribution in [0, 0.1) is 5.41 Å². The molecule has 0 atom stereocenters. The lowest BCUT2D eigenvalue weighted by Gasteiger charge is -2.50. The Hall–Kier alpha value is -1.62. The molecule has 4 rings (SSSR count). The molecule has 2 saturated heterocycles. The van der Waals surface area contributed by atoms with Gasteiger partial charge in [0.1, 0.15) is 6.67 Å². The molecular weight excluding hydrogens is 329 g/mol. The molecule has 5 heteroatoms. The van der Waals surface area contributed by atoms with E-state index in [2.05, 4.69) is 9.80 Å². The van der Waals surface area contributed by atoms with E-state index in [-0.39, 0.29) is 0 Å². The van der Waals surface area contributed by atoms with Gasteiger partial charge >= 0.3 is 0 Å². The van der Waals surface area contributed by atoms with Crippen molar-refractivity contribution in [3.05, 3.63) is 29.3 Å². The number of alkyl halides is 1. The molecule has 1 saturated carbocycles. The van der Waals surface area contributed by atoms with Crippen molar-refractivity contribution in [1.29, 1.82) is 0 Å². The molecule has 0 aromatic heterocycles. The lowest BCUT2D eigenvalue weighted by molar-refractivity contribution is 0.0306. The summed E-state index contributed by atoms with van der Waals surface area (Å²) in [6.07, 6.45) is 9.30. The van der Waals surface area contributed by atoms with E-state index in [1.165, 1.54) is 58.0 Å². The molecule has 3 aliphatic rings. The van der Waals surface area contributed by atoms with Crippen LogP contribution in [0.1, 0.15) is 60.9 Å². The molecule has 1 spiro atoms. The molecule has 0 bridgehead atoms. The number of halogens is 1. The number of likely N-dealkylation sites (tertiary alicyclic amines) is 1. The van der Waals surface area contributed by atoms with Crippen LogP contribution in [0.5, 0.6) is 0 Å². The van der Waals surface area contributed by atoms with E-state index in [0.29, 0.717) is 16.5 Å². The topological polar surface area (TPSA) is 49.6 Å². The number of piperidine rings is 2. The number of amides is 1. The van der Waals surface area contributed by atoms with Crippen LogP contribution in [-0.2, 0) is 6.67 Å². The first-order valence-electron chi connectivity index (χ1n) is 10.1. The molecule has 1 aromatic carbocycles. The average Bonchev–Trinajstić information content (AvgIpc) is 2.62. The highest BCUT2D eigenvalue weighted by atomic mass is 19.1. The first-order valence-corrected chi connectivity index (χ1v) is 10.1. The smallest absolute Gasteiger partial charge is 0.249 e. The average molecular weight is 359 g/mol. The third-order valence-electron chi connectivity index (χ3n) is 7.14. The standard InChI is InChI=1S/C21H30FN3O/c22-15-16-14-18(4-5-19(16)20(23)26)25-12-8-21(9-13-25)6-10-24(11-7-21)17-2-1-3-17/h4-5,14,17H,1-3,6-13,15H2,(H2,23,26). The molecule has 26 heavy (non-hydrogen) atoms. The second-order valence-corrected chi connectivity index (χ2v) is 8.45. The van der Waals surface area contributed by atoms with Crippen molar-refractivity contribution < 1.29 is 9.18 Å². The molecule has 2 N–H and O–H groups in total. The number of nitrogens with two attached hydrogens (primary N) is 1. The van der Waals surface area contributed by atoms with Gasteiger partial charge in [-0.1, -0.05) is 6.42 Å². The number of hydrogen-bond donors (Lipinski definition) is 1.